The zero-order valence-electron chi connectivity index (χ0n) is 20.4. The van der Waals surface area contributed by atoms with Gasteiger partial charge in [0.1, 0.15) is 6.04 Å². The number of carbonyl (C=O) groups excluding carboxylic acids is 4. The molecule has 0 unspecified atom stereocenters. The van der Waals surface area contributed by atoms with Crippen LogP contribution in [-0.4, -0.2) is 74.6 Å². The number of urea groups is 1. The van der Waals surface area contributed by atoms with E-state index in [1.807, 2.05) is 0 Å². The van der Waals surface area contributed by atoms with Gasteiger partial charge in [0.25, 0.3) is 0 Å². The molecule has 1 heterocycles. The number of oxime groups is 1. The molecule has 0 aliphatic carbocycles. The minimum absolute atomic E-state index is 0.0144. The molecule has 1 aliphatic rings. The van der Waals surface area contributed by atoms with E-state index >= 15 is 0 Å². The second kappa shape index (κ2) is 13.8. The van der Waals surface area contributed by atoms with E-state index in [9.17, 15) is 19.2 Å². The number of nitrogens with two attached hydrogens (primary N) is 1. The van der Waals surface area contributed by atoms with Crippen LogP contribution in [0.15, 0.2) is 29.4 Å². The van der Waals surface area contributed by atoms with Crippen molar-refractivity contribution in [2.24, 2.45) is 10.9 Å². The molecule has 4 N–H and O–H groups in total. The number of amides is 4. The topological polar surface area (TPSA) is 156 Å². The number of esters is 1. The van der Waals surface area contributed by atoms with Crippen LogP contribution in [0.2, 0.25) is 0 Å². The summed E-state index contributed by atoms with van der Waals surface area (Å²) in [4.78, 5) is 55.4. The summed E-state index contributed by atoms with van der Waals surface area (Å²) in [6.45, 7) is 3.00. The normalized spacial score (nSPS) is 15.5. The van der Waals surface area contributed by atoms with Gasteiger partial charge in [0.2, 0.25) is 5.91 Å². The highest BCUT2D eigenvalue weighted by molar-refractivity contribution is 6.02. The van der Waals surface area contributed by atoms with Gasteiger partial charge < -0.3 is 30.9 Å². The molecule has 0 aromatic heterocycles. The number of rotatable bonds is 11. The van der Waals surface area contributed by atoms with Crippen LogP contribution in [0.4, 0.5) is 15.3 Å². The van der Waals surface area contributed by atoms with E-state index in [2.05, 4.69) is 22.7 Å². The Morgan fingerprint density at radius 1 is 1.20 bits per heavy atom. The molecule has 1 fully saturated rings. The van der Waals surface area contributed by atoms with E-state index in [0.717, 1.165) is 19.3 Å². The largest absolute Gasteiger partial charge is 0.466 e. The van der Waals surface area contributed by atoms with Crippen LogP contribution in [0, 0.1) is 0 Å². The summed E-state index contributed by atoms with van der Waals surface area (Å²) in [5.41, 5.74) is 6.99. The SMILES string of the molecule is CCCCCOC(=O)CCNC(=O)N[C@H]1CCN(c2ccc(C(N)=NOC(=O)N(C)C)cc2)C1=O. The Morgan fingerprint density at radius 3 is 2.57 bits per heavy atom. The summed E-state index contributed by atoms with van der Waals surface area (Å²) in [6, 6.07) is 5.50. The molecular formula is C23H34N6O6. The van der Waals surface area contributed by atoms with Gasteiger partial charge in [-0.1, -0.05) is 24.9 Å². The zero-order valence-corrected chi connectivity index (χ0v) is 20.4. The number of unbranched alkanes of at least 4 members (excludes halogenated alkanes) is 2. The molecule has 12 nitrogen and oxygen atoms in total. The first-order chi connectivity index (χ1) is 16.7. The standard InChI is InChI=1S/C23H34N6O6/c1-4-5-6-15-34-19(30)11-13-25-22(32)26-18-12-14-29(21(18)31)17-9-7-16(8-10-17)20(24)27-35-23(33)28(2)3/h7-10,18H,4-6,11-15H2,1-3H3,(H2,24,27)(H2,25,26,32)/t18-/m0/s1. The fraction of sp³-hybridized carbons (Fsp3) is 0.522. The monoisotopic (exact) mass is 490 g/mol. The number of carbonyl (C=O) groups is 4. The minimum atomic E-state index is -0.673. The average Bonchev–Trinajstić information content (AvgIpc) is 3.19. The van der Waals surface area contributed by atoms with Gasteiger partial charge in [-0.25, -0.2) is 9.59 Å². The van der Waals surface area contributed by atoms with Crippen LogP contribution in [-0.2, 0) is 19.2 Å². The Balaban J connectivity index is 1.79. The molecular weight excluding hydrogens is 456 g/mol. The van der Waals surface area contributed by atoms with Gasteiger partial charge >= 0.3 is 18.1 Å². The van der Waals surface area contributed by atoms with Crippen molar-refractivity contribution in [2.75, 3.05) is 38.7 Å². The summed E-state index contributed by atoms with van der Waals surface area (Å²) < 4.78 is 5.09. The lowest BCUT2D eigenvalue weighted by atomic mass is 10.2. The molecule has 0 bridgehead atoms. The number of anilines is 1. The van der Waals surface area contributed by atoms with E-state index in [1.165, 1.54) is 19.0 Å². The predicted molar refractivity (Wildman–Crippen MR) is 130 cm³/mol. The third-order valence-corrected chi connectivity index (χ3v) is 5.20. The first kappa shape index (κ1) is 27.4. The Hall–Kier alpha value is -3.83. The molecule has 2 rings (SSSR count). The van der Waals surface area contributed by atoms with Crippen LogP contribution >= 0.6 is 0 Å². The number of nitrogens with one attached hydrogen (secondary N) is 2. The number of nitrogens with zero attached hydrogens (tertiary/aromatic N) is 3. The van der Waals surface area contributed by atoms with Crippen molar-refractivity contribution in [3.8, 4) is 0 Å². The van der Waals surface area contributed by atoms with E-state index in [4.69, 9.17) is 15.3 Å². The maximum absolute atomic E-state index is 12.8. The molecule has 0 saturated carbocycles. The highest BCUT2D eigenvalue weighted by Crippen LogP contribution is 2.22. The molecule has 1 aromatic rings. The summed E-state index contributed by atoms with van der Waals surface area (Å²) in [6.07, 6.45) is 2.72. The molecule has 1 saturated heterocycles. The van der Waals surface area contributed by atoms with Crippen molar-refractivity contribution in [3.63, 3.8) is 0 Å². The van der Waals surface area contributed by atoms with Gasteiger partial charge in [-0.15, -0.1) is 0 Å². The third kappa shape index (κ3) is 8.80. The van der Waals surface area contributed by atoms with Crippen molar-refractivity contribution in [2.45, 2.75) is 45.1 Å². The highest BCUT2D eigenvalue weighted by Gasteiger charge is 2.33. The molecule has 35 heavy (non-hydrogen) atoms. The first-order valence-corrected chi connectivity index (χ1v) is 11.6. The Kier molecular flexibility index (Phi) is 10.8. The second-order valence-corrected chi connectivity index (χ2v) is 8.18. The molecule has 192 valence electrons. The van der Waals surface area contributed by atoms with Gasteiger partial charge in [0.05, 0.1) is 13.0 Å². The van der Waals surface area contributed by atoms with Crippen molar-refractivity contribution >= 4 is 35.5 Å². The lowest BCUT2D eigenvalue weighted by Crippen LogP contribution is -2.46. The zero-order chi connectivity index (χ0) is 25.8. The van der Waals surface area contributed by atoms with Gasteiger partial charge in [0, 0.05) is 38.4 Å². The van der Waals surface area contributed by atoms with E-state index < -0.39 is 18.2 Å². The molecule has 0 radical (unpaired) electrons. The van der Waals surface area contributed by atoms with E-state index in [1.54, 1.807) is 29.2 Å². The van der Waals surface area contributed by atoms with Crippen molar-refractivity contribution in [1.29, 1.82) is 0 Å². The van der Waals surface area contributed by atoms with E-state index in [0.29, 0.717) is 30.8 Å². The third-order valence-electron chi connectivity index (χ3n) is 5.20. The number of amidine groups is 1. The first-order valence-electron chi connectivity index (χ1n) is 11.6. The maximum atomic E-state index is 12.8. The fourth-order valence-electron chi connectivity index (χ4n) is 3.20. The summed E-state index contributed by atoms with van der Waals surface area (Å²) in [5, 5.41) is 8.82. The van der Waals surface area contributed by atoms with Crippen molar-refractivity contribution in [3.05, 3.63) is 29.8 Å². The summed E-state index contributed by atoms with van der Waals surface area (Å²) >= 11 is 0. The van der Waals surface area contributed by atoms with Crippen LogP contribution < -0.4 is 21.3 Å². The van der Waals surface area contributed by atoms with Crippen LogP contribution in [0.1, 0.15) is 44.6 Å². The van der Waals surface area contributed by atoms with Crippen LogP contribution in [0.3, 0.4) is 0 Å². The van der Waals surface area contributed by atoms with Gasteiger partial charge in [-0.2, -0.15) is 0 Å². The van der Waals surface area contributed by atoms with Gasteiger partial charge in [0.15, 0.2) is 5.84 Å². The average molecular weight is 491 g/mol. The second-order valence-electron chi connectivity index (χ2n) is 8.18. The summed E-state index contributed by atoms with van der Waals surface area (Å²) in [7, 11) is 3.04. The van der Waals surface area contributed by atoms with Crippen LogP contribution in [0.5, 0.6) is 0 Å². The maximum Gasteiger partial charge on any atom is 0.435 e. The Bertz CT molecular complexity index is 918. The predicted octanol–water partition coefficient (Wildman–Crippen LogP) is 1.53. The molecule has 0 spiro atoms. The molecule has 12 heteroatoms. The summed E-state index contributed by atoms with van der Waals surface area (Å²) in [5.74, 6) is -0.597. The van der Waals surface area contributed by atoms with Crippen molar-refractivity contribution < 1.29 is 28.8 Å². The highest BCUT2D eigenvalue weighted by atomic mass is 16.7. The number of hydrogen-bond donors (Lipinski definition) is 3. The van der Waals surface area contributed by atoms with Crippen molar-refractivity contribution in [1.82, 2.24) is 15.5 Å². The Morgan fingerprint density at radius 2 is 1.91 bits per heavy atom. The number of hydrogen-bond acceptors (Lipinski definition) is 7. The lowest BCUT2D eigenvalue weighted by molar-refractivity contribution is -0.143. The number of benzene rings is 1. The molecule has 1 aromatic carbocycles. The van der Waals surface area contributed by atoms with Gasteiger partial charge in [-0.05, 0) is 37.1 Å². The Labute approximate surface area is 204 Å². The quantitative estimate of drug-likeness (QED) is 0.106. The molecule has 1 aliphatic heterocycles. The molecule has 4 amide bonds. The fourth-order valence-corrected chi connectivity index (χ4v) is 3.20. The molecule has 1 atom stereocenters. The minimum Gasteiger partial charge on any atom is -0.466 e. The van der Waals surface area contributed by atoms with E-state index in [-0.39, 0.29) is 30.7 Å². The number of ether oxygens (including phenoxy) is 1. The van der Waals surface area contributed by atoms with Gasteiger partial charge in [-0.3, -0.25) is 14.4 Å². The lowest BCUT2D eigenvalue weighted by Gasteiger charge is -2.18. The smallest absolute Gasteiger partial charge is 0.435 e. The van der Waals surface area contributed by atoms with Crippen LogP contribution in [0.25, 0.3) is 0 Å².